The number of carboxylic acid groups (broad SMARTS) is 1. The van der Waals surface area contributed by atoms with Gasteiger partial charge in [0.25, 0.3) is 0 Å². The predicted molar refractivity (Wildman–Crippen MR) is 42.4 cm³/mol. The van der Waals surface area contributed by atoms with Gasteiger partial charge in [0.1, 0.15) is 17.7 Å². The first-order valence-electron chi connectivity index (χ1n) is 3.64. The third-order valence-corrected chi connectivity index (χ3v) is 1.59. The number of nitrogens with zero attached hydrogens (tertiary/aromatic N) is 1. The minimum absolute atomic E-state index is 0.155. The molecule has 0 aliphatic heterocycles. The number of hydrogen-bond donors (Lipinski definition) is 1. The number of benzene rings is 1. The van der Waals surface area contributed by atoms with E-state index in [2.05, 4.69) is 0 Å². The average molecular weight is 197 g/mol. The fourth-order valence-electron chi connectivity index (χ4n) is 1.05. The van der Waals surface area contributed by atoms with E-state index in [-0.39, 0.29) is 5.56 Å². The Morgan fingerprint density at radius 2 is 2.14 bits per heavy atom. The molecule has 72 valence electrons. The quantitative estimate of drug-likeness (QED) is 0.780. The second-order valence-electron chi connectivity index (χ2n) is 2.60. The van der Waals surface area contributed by atoms with Crippen LogP contribution in [0.2, 0.25) is 0 Å². The number of nitriles is 1. The van der Waals surface area contributed by atoms with Crippen molar-refractivity contribution in [3.8, 4) is 6.07 Å². The molecule has 0 saturated carbocycles. The maximum Gasteiger partial charge on any atom is 0.307 e. The van der Waals surface area contributed by atoms with Crippen LogP contribution >= 0.6 is 0 Å². The molecule has 1 aromatic rings. The van der Waals surface area contributed by atoms with Gasteiger partial charge in [-0.25, -0.2) is 8.78 Å². The molecular weight excluding hydrogens is 192 g/mol. The number of halogens is 2. The number of aliphatic carboxylic acids is 1. The fraction of sp³-hybridized carbons (Fsp3) is 0.111. The molecule has 0 aromatic heterocycles. The van der Waals surface area contributed by atoms with Gasteiger partial charge in [-0.05, 0) is 11.6 Å². The summed E-state index contributed by atoms with van der Waals surface area (Å²) in [6.07, 6.45) is -0.572. The Kier molecular flexibility index (Phi) is 2.77. The third-order valence-electron chi connectivity index (χ3n) is 1.59. The summed E-state index contributed by atoms with van der Waals surface area (Å²) < 4.78 is 25.6. The van der Waals surface area contributed by atoms with E-state index in [0.717, 1.165) is 6.07 Å². The van der Waals surface area contributed by atoms with E-state index in [1.54, 1.807) is 0 Å². The average Bonchev–Trinajstić information content (AvgIpc) is 2.01. The van der Waals surface area contributed by atoms with Crippen molar-refractivity contribution < 1.29 is 18.7 Å². The summed E-state index contributed by atoms with van der Waals surface area (Å²) in [5.74, 6) is -3.17. The summed E-state index contributed by atoms with van der Waals surface area (Å²) in [5, 5.41) is 16.9. The van der Waals surface area contributed by atoms with Crippen LogP contribution in [0.15, 0.2) is 12.1 Å². The molecule has 0 aliphatic carbocycles. The highest BCUT2D eigenvalue weighted by molar-refractivity contribution is 5.71. The molecule has 0 spiro atoms. The van der Waals surface area contributed by atoms with Crippen molar-refractivity contribution in [3.05, 3.63) is 34.9 Å². The normalized spacial score (nSPS) is 9.50. The van der Waals surface area contributed by atoms with E-state index < -0.39 is 29.6 Å². The number of rotatable bonds is 2. The third kappa shape index (κ3) is 2.04. The molecule has 3 nitrogen and oxygen atoms in total. The Balaban J connectivity index is 3.26. The highest BCUT2D eigenvalue weighted by atomic mass is 19.1. The van der Waals surface area contributed by atoms with Crippen LogP contribution in [-0.2, 0) is 11.2 Å². The van der Waals surface area contributed by atoms with Crippen LogP contribution in [-0.4, -0.2) is 11.1 Å². The van der Waals surface area contributed by atoms with Crippen molar-refractivity contribution in [2.45, 2.75) is 6.42 Å². The van der Waals surface area contributed by atoms with E-state index >= 15 is 0 Å². The smallest absolute Gasteiger partial charge is 0.307 e. The molecule has 0 radical (unpaired) electrons. The van der Waals surface area contributed by atoms with E-state index in [9.17, 15) is 13.6 Å². The van der Waals surface area contributed by atoms with Crippen LogP contribution in [0.1, 0.15) is 11.1 Å². The zero-order valence-electron chi connectivity index (χ0n) is 6.92. The second-order valence-corrected chi connectivity index (χ2v) is 2.60. The first-order valence-corrected chi connectivity index (χ1v) is 3.64. The van der Waals surface area contributed by atoms with Crippen LogP contribution in [0, 0.1) is 23.0 Å². The summed E-state index contributed by atoms with van der Waals surface area (Å²) in [4.78, 5) is 10.3. The second kappa shape index (κ2) is 3.83. The molecule has 0 unspecified atom stereocenters. The Morgan fingerprint density at radius 3 is 2.64 bits per heavy atom. The molecular formula is C9H5F2NO2. The van der Waals surface area contributed by atoms with Gasteiger partial charge in [0, 0.05) is 6.07 Å². The highest BCUT2D eigenvalue weighted by Gasteiger charge is 2.13. The summed E-state index contributed by atoms with van der Waals surface area (Å²) in [6.45, 7) is 0. The molecule has 14 heavy (non-hydrogen) atoms. The Hall–Kier alpha value is -1.96. The first kappa shape index (κ1) is 10.1. The topological polar surface area (TPSA) is 61.1 Å². The van der Waals surface area contributed by atoms with Crippen molar-refractivity contribution in [2.24, 2.45) is 0 Å². The van der Waals surface area contributed by atoms with Gasteiger partial charge in [0.2, 0.25) is 0 Å². The molecule has 0 heterocycles. The predicted octanol–water partition coefficient (Wildman–Crippen LogP) is 1.46. The standard InChI is InChI=1S/C9H5F2NO2/c10-6-1-5(2-9(13)14)7(4-12)8(11)3-6/h1,3H,2H2,(H,13,14). The zero-order chi connectivity index (χ0) is 10.7. The van der Waals surface area contributed by atoms with Gasteiger partial charge in [-0.2, -0.15) is 5.26 Å². The fourth-order valence-corrected chi connectivity index (χ4v) is 1.05. The van der Waals surface area contributed by atoms with Gasteiger partial charge in [-0.15, -0.1) is 0 Å². The lowest BCUT2D eigenvalue weighted by atomic mass is 10.0. The summed E-state index contributed by atoms with van der Waals surface area (Å²) in [7, 11) is 0. The van der Waals surface area contributed by atoms with Crippen LogP contribution in [0.25, 0.3) is 0 Å². The lowest BCUT2D eigenvalue weighted by Gasteiger charge is -2.01. The van der Waals surface area contributed by atoms with Crippen LogP contribution in [0.5, 0.6) is 0 Å². The lowest BCUT2D eigenvalue weighted by molar-refractivity contribution is -0.136. The minimum Gasteiger partial charge on any atom is -0.481 e. The Labute approximate surface area is 78.2 Å². The van der Waals surface area contributed by atoms with Crippen molar-refractivity contribution in [2.75, 3.05) is 0 Å². The van der Waals surface area contributed by atoms with Gasteiger partial charge >= 0.3 is 5.97 Å². The van der Waals surface area contributed by atoms with Crippen molar-refractivity contribution in [1.82, 2.24) is 0 Å². The number of carboxylic acids is 1. The monoisotopic (exact) mass is 197 g/mol. The van der Waals surface area contributed by atoms with E-state index in [4.69, 9.17) is 10.4 Å². The summed E-state index contributed by atoms with van der Waals surface area (Å²) in [6, 6.07) is 2.88. The van der Waals surface area contributed by atoms with Gasteiger partial charge in [-0.1, -0.05) is 0 Å². The molecule has 0 saturated heterocycles. The van der Waals surface area contributed by atoms with Crippen LogP contribution in [0.4, 0.5) is 8.78 Å². The van der Waals surface area contributed by atoms with Gasteiger partial charge in [0.05, 0.1) is 12.0 Å². The zero-order valence-corrected chi connectivity index (χ0v) is 6.92. The van der Waals surface area contributed by atoms with Crippen molar-refractivity contribution >= 4 is 5.97 Å². The molecule has 1 N–H and O–H groups in total. The van der Waals surface area contributed by atoms with Gasteiger partial charge in [0.15, 0.2) is 0 Å². The van der Waals surface area contributed by atoms with Crippen molar-refractivity contribution in [1.29, 1.82) is 5.26 Å². The van der Waals surface area contributed by atoms with Gasteiger partial charge < -0.3 is 5.11 Å². The molecule has 0 aliphatic rings. The SMILES string of the molecule is N#Cc1c(F)cc(F)cc1CC(=O)O. The minimum atomic E-state index is -1.24. The molecule has 0 fully saturated rings. The maximum absolute atomic E-state index is 12.9. The molecule has 5 heteroatoms. The molecule has 0 bridgehead atoms. The van der Waals surface area contributed by atoms with E-state index in [1.165, 1.54) is 6.07 Å². The molecule has 0 amide bonds. The number of hydrogen-bond acceptors (Lipinski definition) is 2. The van der Waals surface area contributed by atoms with Gasteiger partial charge in [-0.3, -0.25) is 4.79 Å². The first-order chi connectivity index (χ1) is 6.54. The Bertz CT molecular complexity index is 424. The lowest BCUT2D eigenvalue weighted by Crippen LogP contribution is -2.04. The van der Waals surface area contributed by atoms with Crippen LogP contribution in [0.3, 0.4) is 0 Å². The maximum atomic E-state index is 12.9. The van der Waals surface area contributed by atoms with E-state index in [1.807, 2.05) is 0 Å². The molecule has 0 atom stereocenters. The Morgan fingerprint density at radius 1 is 1.50 bits per heavy atom. The van der Waals surface area contributed by atoms with Crippen molar-refractivity contribution in [3.63, 3.8) is 0 Å². The number of carbonyl (C=O) groups is 1. The van der Waals surface area contributed by atoms with Crippen LogP contribution < -0.4 is 0 Å². The highest BCUT2D eigenvalue weighted by Crippen LogP contribution is 2.15. The molecule has 1 aromatic carbocycles. The van der Waals surface area contributed by atoms with E-state index in [0.29, 0.717) is 6.07 Å². The molecule has 1 rings (SSSR count). The largest absolute Gasteiger partial charge is 0.481 e. The summed E-state index contributed by atoms with van der Waals surface area (Å²) >= 11 is 0. The summed E-state index contributed by atoms with van der Waals surface area (Å²) in [5.41, 5.74) is -0.577.